The van der Waals surface area contributed by atoms with Crippen LogP contribution in [-0.2, 0) is 17.9 Å². The molecule has 0 unspecified atom stereocenters. The molecule has 1 fully saturated rings. The van der Waals surface area contributed by atoms with Gasteiger partial charge in [0.1, 0.15) is 0 Å². The maximum Gasteiger partial charge on any atom is 0.261 e. The van der Waals surface area contributed by atoms with Gasteiger partial charge in [-0.1, -0.05) is 12.1 Å². The van der Waals surface area contributed by atoms with Crippen LogP contribution in [0.5, 0.6) is 0 Å². The number of thiophene rings is 1. The number of benzene rings is 1. The smallest absolute Gasteiger partial charge is 0.261 e. The first-order valence-corrected chi connectivity index (χ1v) is 10.4. The van der Waals surface area contributed by atoms with Crippen LogP contribution < -0.4 is 10.6 Å². The second-order valence-electron chi connectivity index (χ2n) is 7.15. The third-order valence-electron chi connectivity index (χ3n) is 4.84. The number of nitrogens with zero attached hydrogens (tertiary/aromatic N) is 2. The van der Waals surface area contributed by atoms with E-state index in [0.29, 0.717) is 23.5 Å². The van der Waals surface area contributed by atoms with Gasteiger partial charge in [0.25, 0.3) is 11.8 Å². The Morgan fingerprint density at radius 1 is 0.931 bits per heavy atom. The van der Waals surface area contributed by atoms with Gasteiger partial charge in [-0.15, -0.1) is 11.3 Å². The van der Waals surface area contributed by atoms with Gasteiger partial charge in [-0.25, -0.2) is 0 Å². The standard InChI is InChI=1S/C21H26N4O3S/c1-15(26)22-14-18-7-8-19(29-18)20(27)23-13-16-3-5-17(6-4-16)21(28)25-11-9-24(2)10-12-25/h3-8H,9-14H2,1-2H3,(H,22,26)(H,23,27). The van der Waals surface area contributed by atoms with Crippen molar-refractivity contribution in [3.05, 3.63) is 57.3 Å². The third kappa shape index (κ3) is 5.88. The second-order valence-corrected chi connectivity index (χ2v) is 8.32. The maximum absolute atomic E-state index is 12.6. The van der Waals surface area contributed by atoms with E-state index in [0.717, 1.165) is 36.6 Å². The Bertz CT molecular complexity index is 870. The lowest BCUT2D eigenvalue weighted by Gasteiger charge is -2.32. The zero-order valence-corrected chi connectivity index (χ0v) is 17.6. The molecule has 2 heterocycles. The van der Waals surface area contributed by atoms with Gasteiger partial charge >= 0.3 is 0 Å². The van der Waals surface area contributed by atoms with Crippen molar-refractivity contribution in [2.75, 3.05) is 33.2 Å². The lowest BCUT2D eigenvalue weighted by molar-refractivity contribution is -0.119. The number of hydrogen-bond acceptors (Lipinski definition) is 5. The lowest BCUT2D eigenvalue weighted by Crippen LogP contribution is -2.47. The van der Waals surface area contributed by atoms with Crippen molar-refractivity contribution in [1.29, 1.82) is 0 Å². The molecule has 154 valence electrons. The van der Waals surface area contributed by atoms with E-state index in [9.17, 15) is 14.4 Å². The molecular formula is C21H26N4O3S. The van der Waals surface area contributed by atoms with Gasteiger partial charge in [0.05, 0.1) is 11.4 Å². The van der Waals surface area contributed by atoms with Crippen LogP contribution >= 0.6 is 11.3 Å². The van der Waals surface area contributed by atoms with Crippen molar-refractivity contribution in [3.8, 4) is 0 Å². The molecule has 2 aromatic rings. The van der Waals surface area contributed by atoms with E-state index in [1.54, 1.807) is 6.07 Å². The SMILES string of the molecule is CC(=O)NCc1ccc(C(=O)NCc2ccc(C(=O)N3CCN(C)CC3)cc2)s1. The van der Waals surface area contributed by atoms with Gasteiger partial charge in [-0.2, -0.15) is 0 Å². The molecule has 3 rings (SSSR count). The molecule has 0 saturated carbocycles. The summed E-state index contributed by atoms with van der Waals surface area (Å²) >= 11 is 1.36. The molecule has 0 aliphatic carbocycles. The highest BCUT2D eigenvalue weighted by molar-refractivity contribution is 7.14. The summed E-state index contributed by atoms with van der Waals surface area (Å²) < 4.78 is 0. The first-order chi connectivity index (χ1) is 13.9. The van der Waals surface area contributed by atoms with Crippen LogP contribution in [0.25, 0.3) is 0 Å². The fourth-order valence-corrected chi connectivity index (χ4v) is 3.90. The fourth-order valence-electron chi connectivity index (χ4n) is 3.03. The van der Waals surface area contributed by atoms with Crippen LogP contribution in [0.2, 0.25) is 0 Å². The van der Waals surface area contributed by atoms with Crippen molar-refractivity contribution in [1.82, 2.24) is 20.4 Å². The molecular weight excluding hydrogens is 388 g/mol. The van der Waals surface area contributed by atoms with Crippen LogP contribution in [-0.4, -0.2) is 60.7 Å². The number of amides is 3. The minimum Gasteiger partial charge on any atom is -0.351 e. The summed E-state index contributed by atoms with van der Waals surface area (Å²) in [5.41, 5.74) is 1.61. The Morgan fingerprint density at radius 3 is 2.28 bits per heavy atom. The summed E-state index contributed by atoms with van der Waals surface area (Å²) in [6, 6.07) is 11.0. The van der Waals surface area contributed by atoms with E-state index >= 15 is 0 Å². The molecule has 1 aromatic carbocycles. The number of piperazine rings is 1. The van der Waals surface area contributed by atoms with Crippen molar-refractivity contribution in [2.24, 2.45) is 0 Å². The van der Waals surface area contributed by atoms with Crippen LogP contribution in [0.1, 0.15) is 37.4 Å². The van der Waals surface area contributed by atoms with Gasteiger partial charge in [0.2, 0.25) is 5.91 Å². The van der Waals surface area contributed by atoms with Gasteiger partial charge in [-0.05, 0) is 36.9 Å². The monoisotopic (exact) mass is 414 g/mol. The first kappa shape index (κ1) is 21.0. The highest BCUT2D eigenvalue weighted by Gasteiger charge is 2.20. The van der Waals surface area contributed by atoms with Gasteiger partial charge in [0, 0.05) is 50.1 Å². The average molecular weight is 415 g/mol. The molecule has 29 heavy (non-hydrogen) atoms. The van der Waals surface area contributed by atoms with Gasteiger partial charge < -0.3 is 20.4 Å². The molecule has 7 nitrogen and oxygen atoms in total. The number of rotatable bonds is 6. The minimum atomic E-state index is -0.151. The highest BCUT2D eigenvalue weighted by atomic mass is 32.1. The fraction of sp³-hybridized carbons (Fsp3) is 0.381. The predicted molar refractivity (Wildman–Crippen MR) is 113 cm³/mol. The van der Waals surface area contributed by atoms with Crippen LogP contribution in [0.15, 0.2) is 36.4 Å². The van der Waals surface area contributed by atoms with E-state index in [1.807, 2.05) is 35.2 Å². The molecule has 1 saturated heterocycles. The number of hydrogen-bond donors (Lipinski definition) is 2. The normalized spacial score (nSPS) is 14.5. The Kier molecular flexibility index (Phi) is 7.00. The average Bonchev–Trinajstić information content (AvgIpc) is 3.20. The van der Waals surface area contributed by atoms with E-state index in [1.165, 1.54) is 18.3 Å². The summed E-state index contributed by atoms with van der Waals surface area (Å²) in [7, 11) is 2.06. The van der Waals surface area contributed by atoms with E-state index in [-0.39, 0.29) is 17.7 Å². The van der Waals surface area contributed by atoms with E-state index in [2.05, 4.69) is 22.6 Å². The maximum atomic E-state index is 12.6. The van der Waals surface area contributed by atoms with Crippen molar-refractivity contribution in [3.63, 3.8) is 0 Å². The minimum absolute atomic E-state index is 0.0546. The zero-order chi connectivity index (χ0) is 20.8. The van der Waals surface area contributed by atoms with E-state index in [4.69, 9.17) is 0 Å². The van der Waals surface area contributed by atoms with Crippen molar-refractivity contribution in [2.45, 2.75) is 20.0 Å². The predicted octanol–water partition coefficient (Wildman–Crippen LogP) is 1.70. The van der Waals surface area contributed by atoms with Crippen LogP contribution in [0.4, 0.5) is 0 Å². The first-order valence-electron chi connectivity index (χ1n) is 9.60. The molecule has 3 amide bonds. The largest absolute Gasteiger partial charge is 0.351 e. The summed E-state index contributed by atoms with van der Waals surface area (Å²) in [6.07, 6.45) is 0. The number of carbonyl (C=O) groups excluding carboxylic acids is 3. The highest BCUT2D eigenvalue weighted by Crippen LogP contribution is 2.16. The van der Waals surface area contributed by atoms with Crippen LogP contribution in [0, 0.1) is 0 Å². The second kappa shape index (κ2) is 9.67. The van der Waals surface area contributed by atoms with E-state index < -0.39 is 0 Å². The number of carbonyl (C=O) groups is 3. The quantitative estimate of drug-likeness (QED) is 0.754. The van der Waals surface area contributed by atoms with Gasteiger partial charge in [0.15, 0.2) is 0 Å². The summed E-state index contributed by atoms with van der Waals surface area (Å²) in [6.45, 7) is 5.56. The molecule has 1 aromatic heterocycles. The Morgan fingerprint density at radius 2 is 1.62 bits per heavy atom. The molecule has 0 bridgehead atoms. The summed E-state index contributed by atoms with van der Waals surface area (Å²) in [5, 5.41) is 5.61. The molecule has 1 aliphatic rings. The zero-order valence-electron chi connectivity index (χ0n) is 16.7. The molecule has 1 aliphatic heterocycles. The lowest BCUT2D eigenvalue weighted by atomic mass is 10.1. The summed E-state index contributed by atoms with van der Waals surface area (Å²) in [4.78, 5) is 41.5. The number of nitrogens with one attached hydrogen (secondary N) is 2. The Labute approximate surface area is 174 Å². The number of likely N-dealkylation sites (N-methyl/N-ethyl adjacent to an activating group) is 1. The molecule has 0 atom stereocenters. The summed E-state index contributed by atoms with van der Waals surface area (Å²) in [5.74, 6) is -0.195. The van der Waals surface area contributed by atoms with Crippen LogP contribution in [0.3, 0.4) is 0 Å². The Balaban J connectivity index is 1.50. The topological polar surface area (TPSA) is 81.8 Å². The molecule has 2 N–H and O–H groups in total. The van der Waals surface area contributed by atoms with Gasteiger partial charge in [-0.3, -0.25) is 14.4 Å². The van der Waals surface area contributed by atoms with Crippen molar-refractivity contribution < 1.29 is 14.4 Å². The molecule has 0 radical (unpaired) electrons. The molecule has 8 heteroatoms. The Hall–Kier alpha value is -2.71. The van der Waals surface area contributed by atoms with Crippen molar-refractivity contribution >= 4 is 29.1 Å². The molecule has 0 spiro atoms. The third-order valence-corrected chi connectivity index (χ3v) is 5.93.